The number of aliphatic hydroxyl groups is 6. The lowest BCUT2D eigenvalue weighted by Crippen LogP contribution is -2.63. The Morgan fingerprint density at radius 2 is 1.00 bits per heavy atom. The topological polar surface area (TPSA) is 207 Å². The summed E-state index contributed by atoms with van der Waals surface area (Å²) in [4.78, 5) is 24.2. The molecule has 8 N–H and O–H groups in total. The van der Waals surface area contributed by atoms with E-state index >= 15 is 0 Å². The predicted octanol–water partition coefficient (Wildman–Crippen LogP) is -1.21. The van der Waals surface area contributed by atoms with Crippen molar-refractivity contribution in [1.82, 2.24) is 10.6 Å². The average molecular weight is 565 g/mol. The first-order valence-corrected chi connectivity index (χ1v) is 14.2. The molecule has 2 heterocycles. The van der Waals surface area contributed by atoms with Crippen molar-refractivity contribution in [1.29, 1.82) is 0 Å². The van der Waals surface area contributed by atoms with Crippen LogP contribution in [0.3, 0.4) is 0 Å². The van der Waals surface area contributed by atoms with Crippen molar-refractivity contribution in [3.8, 4) is 0 Å². The first kappa shape index (κ1) is 33.8. The highest BCUT2D eigenvalue weighted by Gasteiger charge is 2.49. The molecule has 2 aliphatic heterocycles. The van der Waals surface area contributed by atoms with Crippen LogP contribution in [0.4, 0.5) is 0 Å². The van der Waals surface area contributed by atoms with Crippen molar-refractivity contribution in [2.45, 2.75) is 139 Å². The van der Waals surface area contributed by atoms with E-state index in [0.717, 1.165) is 38.5 Å². The van der Waals surface area contributed by atoms with E-state index in [1.54, 1.807) is 0 Å². The molecule has 2 saturated heterocycles. The van der Waals surface area contributed by atoms with Gasteiger partial charge in [-0.25, -0.2) is 0 Å². The zero-order valence-corrected chi connectivity index (χ0v) is 23.0. The first-order chi connectivity index (χ1) is 18.6. The van der Waals surface area contributed by atoms with Gasteiger partial charge in [0.25, 0.3) is 0 Å². The summed E-state index contributed by atoms with van der Waals surface area (Å²) in [6.45, 7) is 5.16. The van der Waals surface area contributed by atoms with Gasteiger partial charge in [-0.15, -0.1) is 0 Å². The minimum absolute atomic E-state index is 0.000566. The molecule has 0 saturated carbocycles. The van der Waals surface area contributed by atoms with Crippen LogP contribution in [0.2, 0.25) is 0 Å². The lowest BCUT2D eigenvalue weighted by molar-refractivity contribution is -0.374. The molecule has 0 aromatic carbocycles. The summed E-state index contributed by atoms with van der Waals surface area (Å²) in [6.07, 6.45) is -9.36. The van der Waals surface area contributed by atoms with Crippen molar-refractivity contribution in [3.05, 3.63) is 0 Å². The first-order valence-electron chi connectivity index (χ1n) is 14.2. The fourth-order valence-corrected chi connectivity index (χ4v) is 4.60. The summed E-state index contributed by atoms with van der Waals surface area (Å²) < 4.78 is 16.8. The Morgan fingerprint density at radius 1 is 0.615 bits per heavy atom. The third kappa shape index (κ3) is 10.5. The zero-order chi connectivity index (χ0) is 28.9. The van der Waals surface area contributed by atoms with Crippen molar-refractivity contribution in [2.75, 3.05) is 13.1 Å². The lowest BCUT2D eigenvalue weighted by atomic mass is 9.94. The van der Waals surface area contributed by atoms with E-state index in [0.29, 0.717) is 13.1 Å². The second kappa shape index (κ2) is 17.4. The number of ether oxygens (including phenoxy) is 3. The number of unbranched alkanes of at least 4 members (excludes halogenated alkanes) is 4. The van der Waals surface area contributed by atoms with E-state index in [1.807, 2.05) is 0 Å². The van der Waals surface area contributed by atoms with Crippen molar-refractivity contribution < 1.29 is 54.4 Å². The summed E-state index contributed by atoms with van der Waals surface area (Å²) in [5.74, 6) is -0.499. The van der Waals surface area contributed by atoms with E-state index in [9.17, 15) is 40.2 Å². The second-order valence-corrected chi connectivity index (χ2v) is 10.4. The van der Waals surface area contributed by atoms with Crippen LogP contribution in [0.15, 0.2) is 0 Å². The van der Waals surface area contributed by atoms with Crippen LogP contribution < -0.4 is 10.6 Å². The number of aliphatic hydroxyl groups excluding tert-OH is 6. The standard InChI is InChI=1S/C26H48N2O11/c1-3-5-7-13-27-17(29)11-9-15-19(31)21(33)23(35)25(37-15)39-26-24(36)22(34)20(32)16(38-26)10-12-18(30)28-14-8-6-4-2/h15-16,19-26,31-36H,3-14H2,1-2H3,(H,27,29)(H,28,30). The van der Waals surface area contributed by atoms with Crippen LogP contribution in [0.1, 0.15) is 78.1 Å². The maximum Gasteiger partial charge on any atom is 0.220 e. The molecule has 10 unspecified atom stereocenters. The number of carbonyl (C=O) groups is 2. The maximum atomic E-state index is 12.1. The van der Waals surface area contributed by atoms with Gasteiger partial charge >= 0.3 is 0 Å². The van der Waals surface area contributed by atoms with Crippen molar-refractivity contribution in [3.63, 3.8) is 0 Å². The summed E-state index contributed by atoms with van der Waals surface area (Å²) in [7, 11) is 0. The highest BCUT2D eigenvalue weighted by atomic mass is 16.8. The Hall–Kier alpha value is -1.42. The minimum Gasteiger partial charge on any atom is -0.388 e. The largest absolute Gasteiger partial charge is 0.388 e. The average Bonchev–Trinajstić information content (AvgIpc) is 2.92. The normalized spacial score (nSPS) is 35.0. The van der Waals surface area contributed by atoms with Gasteiger partial charge in [0.1, 0.15) is 36.6 Å². The van der Waals surface area contributed by atoms with Gasteiger partial charge in [-0.1, -0.05) is 39.5 Å². The third-order valence-corrected chi connectivity index (χ3v) is 7.12. The molecular weight excluding hydrogens is 516 g/mol. The van der Waals surface area contributed by atoms with Crippen LogP contribution in [0.25, 0.3) is 0 Å². The smallest absolute Gasteiger partial charge is 0.220 e. The summed E-state index contributed by atoms with van der Waals surface area (Å²) in [5.41, 5.74) is 0. The molecule has 0 aliphatic carbocycles. The molecule has 228 valence electrons. The second-order valence-electron chi connectivity index (χ2n) is 10.4. The quantitative estimate of drug-likeness (QED) is 0.104. The molecule has 13 heteroatoms. The van der Waals surface area contributed by atoms with E-state index in [-0.39, 0.29) is 37.5 Å². The van der Waals surface area contributed by atoms with Crippen molar-refractivity contribution in [2.24, 2.45) is 0 Å². The van der Waals surface area contributed by atoms with Crippen LogP contribution >= 0.6 is 0 Å². The van der Waals surface area contributed by atoms with Gasteiger partial charge in [0.05, 0.1) is 12.2 Å². The zero-order valence-electron chi connectivity index (χ0n) is 23.0. The SMILES string of the molecule is CCCCCNC(=O)CCC1OC(OC2OC(CCC(=O)NCCCCC)C(O)C(O)C2O)C(O)C(O)C1O. The van der Waals surface area contributed by atoms with Crippen LogP contribution in [0.5, 0.6) is 0 Å². The van der Waals surface area contributed by atoms with E-state index in [2.05, 4.69) is 24.5 Å². The molecule has 10 atom stereocenters. The molecule has 2 aliphatic rings. The molecule has 0 spiro atoms. The number of nitrogens with one attached hydrogen (secondary N) is 2. The van der Waals surface area contributed by atoms with Gasteiger partial charge in [-0.2, -0.15) is 0 Å². The van der Waals surface area contributed by atoms with Gasteiger partial charge in [-0.3, -0.25) is 9.59 Å². The van der Waals surface area contributed by atoms with Gasteiger partial charge in [0, 0.05) is 25.9 Å². The number of hydrogen-bond acceptors (Lipinski definition) is 11. The molecule has 0 aromatic rings. The summed E-state index contributed by atoms with van der Waals surface area (Å²) in [6, 6.07) is 0. The minimum atomic E-state index is -1.73. The van der Waals surface area contributed by atoms with Gasteiger partial charge in [0.15, 0.2) is 12.6 Å². The number of amides is 2. The fourth-order valence-electron chi connectivity index (χ4n) is 4.60. The molecule has 2 rings (SSSR count). The Bertz CT molecular complexity index is 672. The molecule has 39 heavy (non-hydrogen) atoms. The molecule has 13 nitrogen and oxygen atoms in total. The molecular formula is C26H48N2O11. The molecule has 2 amide bonds. The molecule has 0 aromatic heterocycles. The Labute approximate surface area is 229 Å². The van der Waals surface area contributed by atoms with Crippen LogP contribution in [-0.2, 0) is 23.8 Å². The predicted molar refractivity (Wildman–Crippen MR) is 138 cm³/mol. The maximum absolute atomic E-state index is 12.1. The van der Waals surface area contributed by atoms with Gasteiger partial charge in [0.2, 0.25) is 11.8 Å². The highest BCUT2D eigenvalue weighted by molar-refractivity contribution is 5.76. The molecule has 2 fully saturated rings. The van der Waals surface area contributed by atoms with E-state index < -0.39 is 61.4 Å². The number of carbonyl (C=O) groups excluding carboxylic acids is 2. The summed E-state index contributed by atoms with van der Waals surface area (Å²) >= 11 is 0. The van der Waals surface area contributed by atoms with E-state index in [1.165, 1.54) is 0 Å². The highest BCUT2D eigenvalue weighted by Crippen LogP contribution is 2.30. The van der Waals surface area contributed by atoms with Gasteiger partial charge in [-0.05, 0) is 25.7 Å². The van der Waals surface area contributed by atoms with Gasteiger partial charge < -0.3 is 55.5 Å². The molecule has 0 radical (unpaired) electrons. The number of rotatable bonds is 16. The lowest BCUT2D eigenvalue weighted by Gasteiger charge is -2.45. The Balaban J connectivity index is 1.93. The number of hydrogen-bond donors (Lipinski definition) is 8. The monoisotopic (exact) mass is 564 g/mol. The third-order valence-electron chi connectivity index (χ3n) is 7.12. The van der Waals surface area contributed by atoms with Crippen molar-refractivity contribution >= 4 is 11.8 Å². The fraction of sp³-hybridized carbons (Fsp3) is 0.923. The van der Waals surface area contributed by atoms with Crippen LogP contribution in [-0.4, -0.2) is 117 Å². The van der Waals surface area contributed by atoms with E-state index in [4.69, 9.17) is 14.2 Å². The van der Waals surface area contributed by atoms with Crippen LogP contribution in [0, 0.1) is 0 Å². The molecule has 0 bridgehead atoms. The summed E-state index contributed by atoms with van der Waals surface area (Å²) in [5, 5.41) is 67.8. The Kier molecular flexibility index (Phi) is 15.1. The Morgan fingerprint density at radius 3 is 1.36 bits per heavy atom.